The van der Waals surface area contributed by atoms with E-state index in [4.69, 9.17) is 9.15 Å². The van der Waals surface area contributed by atoms with E-state index in [1.165, 1.54) is 6.07 Å². The minimum Gasteiger partial charge on any atom is -0.550 e. The van der Waals surface area contributed by atoms with E-state index in [1.54, 1.807) is 24.0 Å². The van der Waals surface area contributed by atoms with Gasteiger partial charge >= 0.3 is 5.63 Å². The van der Waals surface area contributed by atoms with Crippen LogP contribution in [0.2, 0.25) is 0 Å². The first-order chi connectivity index (χ1) is 12.3. The maximum atomic E-state index is 12.4. The van der Waals surface area contributed by atoms with Crippen LogP contribution < -0.4 is 15.5 Å². The molecule has 0 bridgehead atoms. The van der Waals surface area contributed by atoms with Gasteiger partial charge in [-0.2, -0.15) is 0 Å². The summed E-state index contributed by atoms with van der Waals surface area (Å²) in [5, 5.41) is 11.5. The Morgan fingerprint density at radius 1 is 1.23 bits per heavy atom. The zero-order valence-electron chi connectivity index (χ0n) is 14.7. The van der Waals surface area contributed by atoms with Crippen LogP contribution in [0.15, 0.2) is 27.4 Å². The number of aliphatic carboxylic acids is 1. The lowest BCUT2D eigenvalue weighted by molar-refractivity contribution is -0.312. The van der Waals surface area contributed by atoms with Crippen LogP contribution in [0.3, 0.4) is 0 Å². The van der Waals surface area contributed by atoms with Crippen molar-refractivity contribution in [3.8, 4) is 5.75 Å². The summed E-state index contributed by atoms with van der Waals surface area (Å²) < 4.78 is 11.0. The number of hydrogen-bond donors (Lipinski definition) is 0. The van der Waals surface area contributed by atoms with Crippen LogP contribution in [-0.2, 0) is 9.59 Å². The number of carbonyl (C=O) groups is 2. The van der Waals surface area contributed by atoms with E-state index in [0.29, 0.717) is 48.2 Å². The van der Waals surface area contributed by atoms with Gasteiger partial charge in [0, 0.05) is 31.0 Å². The summed E-state index contributed by atoms with van der Waals surface area (Å²) in [5.41, 5.74) is 1.56. The molecule has 7 heteroatoms. The Morgan fingerprint density at radius 3 is 2.58 bits per heavy atom. The third-order valence-electron chi connectivity index (χ3n) is 4.68. The largest absolute Gasteiger partial charge is 0.550 e. The molecule has 2 heterocycles. The molecule has 0 saturated carbocycles. The van der Waals surface area contributed by atoms with Crippen molar-refractivity contribution in [2.45, 2.75) is 26.7 Å². The summed E-state index contributed by atoms with van der Waals surface area (Å²) in [4.78, 5) is 36.4. The number of nitrogens with zero attached hydrogens (tertiary/aromatic N) is 1. The van der Waals surface area contributed by atoms with Crippen molar-refractivity contribution in [3.63, 3.8) is 0 Å². The Kier molecular flexibility index (Phi) is 4.97. The number of fused-ring (bicyclic) bond motifs is 1. The van der Waals surface area contributed by atoms with Gasteiger partial charge in [0.05, 0.1) is 5.39 Å². The highest BCUT2D eigenvalue weighted by Crippen LogP contribution is 2.29. The van der Waals surface area contributed by atoms with E-state index >= 15 is 0 Å². The van der Waals surface area contributed by atoms with Gasteiger partial charge in [-0.3, -0.25) is 4.79 Å². The van der Waals surface area contributed by atoms with Gasteiger partial charge in [-0.1, -0.05) is 0 Å². The number of amides is 1. The second kappa shape index (κ2) is 7.19. The second-order valence-corrected chi connectivity index (χ2v) is 6.65. The van der Waals surface area contributed by atoms with Gasteiger partial charge in [0.15, 0.2) is 6.61 Å². The molecule has 26 heavy (non-hydrogen) atoms. The molecule has 1 amide bonds. The van der Waals surface area contributed by atoms with E-state index in [-0.39, 0.29) is 12.5 Å². The van der Waals surface area contributed by atoms with Crippen LogP contribution in [0.5, 0.6) is 5.75 Å². The quantitative estimate of drug-likeness (QED) is 0.749. The first-order valence-corrected chi connectivity index (χ1v) is 8.51. The average Bonchev–Trinajstić information content (AvgIpc) is 2.58. The van der Waals surface area contributed by atoms with Crippen LogP contribution in [0, 0.1) is 19.8 Å². The highest BCUT2D eigenvalue weighted by atomic mass is 16.5. The van der Waals surface area contributed by atoms with Crippen LogP contribution in [0.25, 0.3) is 11.0 Å². The molecule has 1 saturated heterocycles. The first kappa shape index (κ1) is 18.0. The summed E-state index contributed by atoms with van der Waals surface area (Å²) in [6, 6.07) is 4.94. The number of hydrogen-bond acceptors (Lipinski definition) is 6. The van der Waals surface area contributed by atoms with Crippen molar-refractivity contribution in [1.82, 2.24) is 4.90 Å². The minimum absolute atomic E-state index is 0.160. The van der Waals surface area contributed by atoms with Crippen molar-refractivity contribution >= 4 is 22.8 Å². The van der Waals surface area contributed by atoms with E-state index in [9.17, 15) is 19.5 Å². The van der Waals surface area contributed by atoms with Gasteiger partial charge in [0.1, 0.15) is 11.3 Å². The van der Waals surface area contributed by atoms with Crippen molar-refractivity contribution in [2.24, 2.45) is 5.92 Å². The fourth-order valence-corrected chi connectivity index (χ4v) is 3.29. The summed E-state index contributed by atoms with van der Waals surface area (Å²) in [7, 11) is 0. The predicted molar refractivity (Wildman–Crippen MR) is 91.8 cm³/mol. The van der Waals surface area contributed by atoms with E-state index < -0.39 is 17.5 Å². The molecule has 7 nitrogen and oxygen atoms in total. The monoisotopic (exact) mass is 358 g/mol. The van der Waals surface area contributed by atoms with Crippen LogP contribution >= 0.6 is 0 Å². The van der Waals surface area contributed by atoms with Gasteiger partial charge in [0.2, 0.25) is 0 Å². The molecule has 0 N–H and O–H groups in total. The van der Waals surface area contributed by atoms with Crippen molar-refractivity contribution in [3.05, 3.63) is 39.7 Å². The van der Waals surface area contributed by atoms with Gasteiger partial charge in [-0.15, -0.1) is 0 Å². The smallest absolute Gasteiger partial charge is 0.336 e. The highest BCUT2D eigenvalue weighted by molar-refractivity contribution is 5.88. The van der Waals surface area contributed by atoms with E-state index in [1.807, 2.05) is 6.92 Å². The number of rotatable bonds is 4. The SMILES string of the molecule is Cc1cc(OCC(=O)N2CCC(C(=O)[O-])CC2)c2c(C)cc(=O)oc2c1. The second-order valence-electron chi connectivity index (χ2n) is 6.65. The van der Waals surface area contributed by atoms with Gasteiger partial charge in [-0.25, -0.2) is 4.79 Å². The molecule has 1 aromatic carbocycles. The number of piperidine rings is 1. The Hall–Kier alpha value is -2.83. The van der Waals surface area contributed by atoms with E-state index in [0.717, 1.165) is 5.56 Å². The number of carboxylic acid groups (broad SMARTS) is 1. The summed E-state index contributed by atoms with van der Waals surface area (Å²) in [6.45, 7) is 4.23. The fraction of sp³-hybridized carbons (Fsp3) is 0.421. The Labute approximate surface area is 150 Å². The molecular weight excluding hydrogens is 338 g/mol. The molecule has 3 rings (SSSR count). The minimum atomic E-state index is -1.06. The fourth-order valence-electron chi connectivity index (χ4n) is 3.29. The zero-order chi connectivity index (χ0) is 18.8. The number of benzene rings is 1. The molecule has 0 aliphatic carbocycles. The lowest BCUT2D eigenvalue weighted by Crippen LogP contribution is -2.45. The van der Waals surface area contributed by atoms with E-state index in [2.05, 4.69) is 0 Å². The van der Waals surface area contributed by atoms with Crippen molar-refractivity contribution < 1.29 is 23.8 Å². The molecule has 0 spiro atoms. The number of likely N-dealkylation sites (tertiary alicyclic amines) is 1. The molecule has 0 unspecified atom stereocenters. The average molecular weight is 358 g/mol. The number of aryl methyl sites for hydroxylation is 2. The summed E-state index contributed by atoms with van der Waals surface area (Å²) in [5.74, 6) is -1.27. The Morgan fingerprint density at radius 2 is 1.92 bits per heavy atom. The number of carbonyl (C=O) groups excluding carboxylic acids is 2. The molecule has 1 fully saturated rings. The van der Waals surface area contributed by atoms with Crippen LogP contribution in [0.1, 0.15) is 24.0 Å². The molecule has 1 aliphatic rings. The van der Waals surface area contributed by atoms with Crippen LogP contribution in [0.4, 0.5) is 0 Å². The molecular formula is C19H20NO6-. The summed E-state index contributed by atoms with van der Waals surface area (Å²) >= 11 is 0. The molecule has 1 aromatic heterocycles. The summed E-state index contributed by atoms with van der Waals surface area (Å²) in [6.07, 6.45) is 0.789. The first-order valence-electron chi connectivity index (χ1n) is 8.51. The Bertz CT molecular complexity index is 908. The van der Waals surface area contributed by atoms with Gasteiger partial charge in [-0.05, 0) is 49.9 Å². The third kappa shape index (κ3) is 3.71. The third-order valence-corrected chi connectivity index (χ3v) is 4.68. The maximum Gasteiger partial charge on any atom is 0.336 e. The molecule has 0 radical (unpaired) electrons. The van der Waals surface area contributed by atoms with Gasteiger partial charge in [0.25, 0.3) is 5.91 Å². The van der Waals surface area contributed by atoms with Crippen molar-refractivity contribution in [1.29, 1.82) is 0 Å². The highest BCUT2D eigenvalue weighted by Gasteiger charge is 2.24. The van der Waals surface area contributed by atoms with Crippen molar-refractivity contribution in [2.75, 3.05) is 19.7 Å². The zero-order valence-corrected chi connectivity index (χ0v) is 14.7. The number of ether oxygens (including phenoxy) is 1. The lowest BCUT2D eigenvalue weighted by atomic mass is 9.97. The lowest BCUT2D eigenvalue weighted by Gasteiger charge is -2.32. The van der Waals surface area contributed by atoms with Crippen LogP contribution in [-0.4, -0.2) is 36.5 Å². The normalized spacial score (nSPS) is 15.2. The maximum absolute atomic E-state index is 12.4. The standard InChI is InChI=1S/C19H21NO6/c1-11-7-14(18-12(2)9-17(22)26-15(18)8-11)25-10-16(21)20-5-3-13(4-6-20)19(23)24/h7-9,13H,3-6,10H2,1-2H3,(H,23,24)/p-1. The molecule has 1 aliphatic heterocycles. The Balaban J connectivity index is 1.73. The molecule has 2 aromatic rings. The molecule has 0 atom stereocenters. The van der Waals surface area contributed by atoms with Gasteiger partial charge < -0.3 is 24.0 Å². The number of carboxylic acids is 1. The molecule has 138 valence electrons. The predicted octanol–water partition coefficient (Wildman–Crippen LogP) is 0.777. The topological polar surface area (TPSA) is 99.9 Å².